The van der Waals surface area contributed by atoms with Crippen LogP contribution in [0.5, 0.6) is 0 Å². The number of aliphatic imine (C=N–C) groups is 2. The molecule has 26 nitrogen and oxygen atoms in total. The maximum atomic E-state index is 12.8. The van der Waals surface area contributed by atoms with E-state index in [1.165, 1.54) is 26.4 Å². The van der Waals surface area contributed by atoms with Crippen LogP contribution in [-0.2, 0) is 61.4 Å². The van der Waals surface area contributed by atoms with Gasteiger partial charge in [-0.05, 0) is 165 Å². The zero-order valence-corrected chi connectivity index (χ0v) is 56.0. The van der Waals surface area contributed by atoms with Gasteiger partial charge in [-0.3, -0.25) is 58.4 Å². The molecule has 4 amide bonds. The van der Waals surface area contributed by atoms with E-state index in [1.54, 1.807) is 96.1 Å². The number of unbranched alkanes of at least 4 members (excludes halogenated alkanes) is 6. The predicted octanol–water partition coefficient (Wildman–Crippen LogP) is 12.1. The summed E-state index contributed by atoms with van der Waals surface area (Å²) in [6, 6.07) is 4.19. The van der Waals surface area contributed by atoms with Gasteiger partial charge < -0.3 is 39.8 Å². The van der Waals surface area contributed by atoms with E-state index in [1.807, 2.05) is 0 Å². The number of carbonyl (C=O) groups is 4. The Morgan fingerprint density at radius 2 is 1.05 bits per heavy atom. The Morgan fingerprint density at radius 3 is 1.44 bits per heavy atom. The number of halogens is 3. The van der Waals surface area contributed by atoms with Gasteiger partial charge in [-0.2, -0.15) is 13.2 Å². The molecule has 0 aromatic heterocycles. The van der Waals surface area contributed by atoms with Gasteiger partial charge in [-0.15, -0.1) is 0 Å². The van der Waals surface area contributed by atoms with Crippen LogP contribution in [0.1, 0.15) is 178 Å². The van der Waals surface area contributed by atoms with Gasteiger partial charge >= 0.3 is 46.2 Å². The van der Waals surface area contributed by atoms with Crippen LogP contribution < -0.4 is 31.9 Å². The first-order valence-corrected chi connectivity index (χ1v) is 32.0. The number of hydrogen-bond acceptors (Lipinski definition) is 21. The highest BCUT2D eigenvalue weighted by Crippen LogP contribution is 2.52. The number of aliphatic hydroxyl groups excluding tert-OH is 2. The fraction of sp³-hybridized carbons (Fsp3) is 0.764. The minimum absolute atomic E-state index is 0.0412. The molecule has 1 aliphatic heterocycles. The summed E-state index contributed by atoms with van der Waals surface area (Å²) in [5.41, 5.74) is -2.54. The van der Waals surface area contributed by atoms with Crippen LogP contribution in [0.3, 0.4) is 0 Å². The van der Waals surface area contributed by atoms with Crippen molar-refractivity contribution in [2.24, 2.45) is 9.98 Å². The van der Waals surface area contributed by atoms with Gasteiger partial charge in [0.15, 0.2) is 5.11 Å². The Balaban J connectivity index is 0.00000128. The lowest BCUT2D eigenvalue weighted by molar-refractivity contribution is -0.137. The molecule has 0 radical (unpaired) electrons. The number of benzene rings is 1. The molecule has 87 heavy (non-hydrogen) atoms. The van der Waals surface area contributed by atoms with Crippen molar-refractivity contribution >= 4 is 75.0 Å². The number of hydrogen-bond donors (Lipinski definition) is 8. The number of alkyl halides is 3. The fourth-order valence-corrected chi connectivity index (χ4v) is 9.42. The lowest BCUT2D eigenvalue weighted by Crippen LogP contribution is -2.47. The smallest absolute Gasteiger partial charge is 0.444 e. The molecule has 504 valence electrons. The highest BCUT2D eigenvalue weighted by atomic mass is 32.1. The second-order valence-corrected chi connectivity index (χ2v) is 27.1. The molecule has 3 rings (SSSR count). The number of anilines is 1. The molecular formula is C55H99F3N8O18P2S. The van der Waals surface area contributed by atoms with E-state index in [0.717, 1.165) is 57.8 Å². The third-order valence-electron chi connectivity index (χ3n) is 10.4. The summed E-state index contributed by atoms with van der Waals surface area (Å²) >= 11 is 5.19. The van der Waals surface area contributed by atoms with Crippen molar-refractivity contribution in [3.63, 3.8) is 0 Å². The molecule has 1 atom stereocenters. The summed E-state index contributed by atoms with van der Waals surface area (Å²) in [5, 5.41) is 31.9. The number of guanidine groups is 2. The summed E-state index contributed by atoms with van der Waals surface area (Å²) in [4.78, 5) is 56.6. The number of aryl methyl sites for hydroxylation is 1. The Bertz CT molecular complexity index is 2300. The third-order valence-corrected chi connectivity index (χ3v) is 13.5. The summed E-state index contributed by atoms with van der Waals surface area (Å²) in [6.45, 7) is 23.7. The third kappa shape index (κ3) is 45.2. The normalized spacial score (nSPS) is 14.9. The van der Waals surface area contributed by atoms with Crippen molar-refractivity contribution in [1.82, 2.24) is 26.6 Å². The van der Waals surface area contributed by atoms with Gasteiger partial charge in [-0.25, -0.2) is 28.3 Å². The first kappa shape index (κ1) is 82.3. The van der Waals surface area contributed by atoms with E-state index in [2.05, 4.69) is 41.9 Å². The maximum absolute atomic E-state index is 12.8. The van der Waals surface area contributed by atoms with E-state index in [4.69, 9.17) is 68.5 Å². The number of phosphoric ester groups is 2. The molecular weight excluding hydrogens is 1210 g/mol. The lowest BCUT2D eigenvalue weighted by Gasteiger charge is -2.24. The van der Waals surface area contributed by atoms with Crippen LogP contribution in [0.15, 0.2) is 28.2 Å². The first-order chi connectivity index (χ1) is 40.3. The molecule has 32 heteroatoms. The van der Waals surface area contributed by atoms with Gasteiger partial charge in [0.05, 0.1) is 45.2 Å². The first-order valence-electron chi connectivity index (χ1n) is 28.7. The standard InChI is InChI=1S/C20H40N3O9P.C19H36N3O8P.C15H19F3N2S.CH4O/c1-19(2,3)31-17(25)22-16(23-18(26)32-20(4,5)6)21-12-10-8-9-11-14-29-33(27,28-7)30-15-13-24;1-18(2,3)29-16(23)21-15(22-17(24)30-19(4,5)6)20-11-9-7-8-10-12-26-31(25)27-13-14-28-31;1-10-7-11(15(16,17)18)9-13(8-10)20-14(21)19-12-5-3-2-4-6-12;1-2/h24H,8-15H2,1-7H3,(H2,21,22,23,25,26);7-14H2,1-6H3,(H2,20,21,22,23,24);7-9,12H,2-6H2,1H3,(H2,19,20,21);2H,1H3. The van der Waals surface area contributed by atoms with Crippen molar-refractivity contribution in [2.45, 2.75) is 208 Å². The Morgan fingerprint density at radius 1 is 0.644 bits per heavy atom. The molecule has 1 unspecified atom stereocenters. The van der Waals surface area contributed by atoms with Crippen LogP contribution in [-0.4, -0.2) is 147 Å². The number of ether oxygens (including phenoxy) is 4. The highest BCUT2D eigenvalue weighted by molar-refractivity contribution is 7.80. The molecule has 8 N–H and O–H groups in total. The Hall–Kier alpha value is -4.74. The average Bonchev–Trinajstić information content (AvgIpc) is 3.55. The molecule has 1 aromatic carbocycles. The lowest BCUT2D eigenvalue weighted by atomic mass is 9.96. The summed E-state index contributed by atoms with van der Waals surface area (Å²) < 4.78 is 113. The SMILES string of the molecule is CC(C)(C)OC(=O)NC(=NCCCCCCOP1(=O)OCCO1)NC(=O)OC(C)(C)C.CO.COP(=O)(OCCO)OCCCCCCN=C(NC(=O)OC(C)(C)C)NC(=O)OC(C)(C)C.Cc1cc(NC(=S)NC2CCCCC2)cc(C(F)(F)F)c1. The number of thiocarbonyl (C=S) groups is 1. The maximum Gasteiger partial charge on any atom is 0.474 e. The second kappa shape index (κ2) is 41.5. The molecule has 2 fully saturated rings. The second-order valence-electron chi connectivity index (χ2n) is 23.3. The zero-order valence-electron chi connectivity index (χ0n) is 53.4. The summed E-state index contributed by atoms with van der Waals surface area (Å²) in [7, 11) is -4.75. The van der Waals surface area contributed by atoms with Crippen molar-refractivity contribution in [3.05, 3.63) is 29.3 Å². The van der Waals surface area contributed by atoms with Crippen LogP contribution in [0, 0.1) is 6.92 Å². The molecule has 0 bridgehead atoms. The summed E-state index contributed by atoms with van der Waals surface area (Å²) in [6.07, 6.45) is 4.25. The molecule has 0 spiro atoms. The number of carbonyl (C=O) groups excluding carboxylic acids is 4. The van der Waals surface area contributed by atoms with Crippen molar-refractivity contribution in [1.29, 1.82) is 0 Å². The fourth-order valence-electron chi connectivity index (χ4n) is 7.01. The van der Waals surface area contributed by atoms with Gasteiger partial charge in [0.1, 0.15) is 22.4 Å². The average molecular weight is 1310 g/mol. The molecule has 1 saturated carbocycles. The Kier molecular flexibility index (Phi) is 39.3. The number of amides is 4. The number of nitrogens with one attached hydrogen (secondary N) is 6. The minimum Gasteiger partial charge on any atom is -0.444 e. The number of alkyl carbamates (subject to hydrolysis) is 4. The van der Waals surface area contributed by atoms with Gasteiger partial charge in [0, 0.05) is 39.0 Å². The van der Waals surface area contributed by atoms with Crippen molar-refractivity contribution in [3.8, 4) is 0 Å². The van der Waals surface area contributed by atoms with E-state index in [-0.39, 0.29) is 51.6 Å². The quantitative estimate of drug-likeness (QED) is 0.0133. The number of aliphatic hydroxyl groups is 2. The highest BCUT2D eigenvalue weighted by Gasteiger charge is 2.33. The summed E-state index contributed by atoms with van der Waals surface area (Å²) in [5.74, 6) is -0.107. The van der Waals surface area contributed by atoms with E-state index >= 15 is 0 Å². The largest absolute Gasteiger partial charge is 0.474 e. The number of nitrogens with zero attached hydrogens (tertiary/aromatic N) is 2. The number of rotatable bonds is 22. The predicted molar refractivity (Wildman–Crippen MR) is 329 cm³/mol. The van der Waals surface area contributed by atoms with E-state index < -0.39 is 74.2 Å². The monoisotopic (exact) mass is 1310 g/mol. The van der Waals surface area contributed by atoms with E-state index in [0.29, 0.717) is 61.2 Å². The molecule has 1 aliphatic carbocycles. The Labute approximate surface area is 517 Å². The molecule has 1 aromatic rings. The van der Waals surface area contributed by atoms with Crippen LogP contribution in [0.25, 0.3) is 0 Å². The number of phosphoric acid groups is 2. The molecule has 2 aliphatic rings. The van der Waals surface area contributed by atoms with Crippen molar-refractivity contribution in [2.75, 3.05) is 72.3 Å². The zero-order chi connectivity index (χ0) is 66.5. The van der Waals surface area contributed by atoms with Gasteiger partial charge in [0.25, 0.3) is 0 Å². The van der Waals surface area contributed by atoms with Crippen molar-refractivity contribution < 1.29 is 97.8 Å². The topological polar surface area (TPSA) is 332 Å². The van der Waals surface area contributed by atoms with Crippen LogP contribution in [0.2, 0.25) is 0 Å². The van der Waals surface area contributed by atoms with Gasteiger partial charge in [-0.1, -0.05) is 44.9 Å². The minimum atomic E-state index is -4.35. The van der Waals surface area contributed by atoms with Crippen LogP contribution >= 0.6 is 27.9 Å². The molecule has 1 heterocycles. The molecule has 1 saturated heterocycles. The van der Waals surface area contributed by atoms with Gasteiger partial charge in [0.2, 0.25) is 11.9 Å². The van der Waals surface area contributed by atoms with E-state index in [9.17, 15) is 41.5 Å². The van der Waals surface area contributed by atoms with Crippen LogP contribution in [0.4, 0.5) is 38.0 Å².